The van der Waals surface area contributed by atoms with Gasteiger partial charge in [-0.1, -0.05) is 36.4 Å². The SMILES string of the molecule is O=C(O)c1cc(CC(F)(F)F)c(N2CCN(C(=O)Nc3ccccc3)CC2)cc1N1CCN(C(=O)Nc2ccccc2)CC1. The first-order valence-corrected chi connectivity index (χ1v) is 14.3. The van der Waals surface area contributed by atoms with Crippen LogP contribution in [0.4, 0.5) is 45.5 Å². The van der Waals surface area contributed by atoms with Crippen LogP contribution in [0.25, 0.3) is 0 Å². The number of carboxylic acids is 1. The lowest BCUT2D eigenvalue weighted by atomic mass is 10.0. The lowest BCUT2D eigenvalue weighted by Crippen LogP contribution is -2.51. The Morgan fingerprint density at radius 3 is 1.50 bits per heavy atom. The van der Waals surface area contributed by atoms with E-state index in [1.807, 2.05) is 12.1 Å². The van der Waals surface area contributed by atoms with Crippen molar-refractivity contribution in [2.24, 2.45) is 0 Å². The first kappa shape index (κ1) is 30.5. The zero-order valence-corrected chi connectivity index (χ0v) is 23.9. The summed E-state index contributed by atoms with van der Waals surface area (Å²) < 4.78 is 40.9. The van der Waals surface area contributed by atoms with Crippen molar-refractivity contribution in [2.45, 2.75) is 12.6 Å². The van der Waals surface area contributed by atoms with Crippen molar-refractivity contribution in [2.75, 3.05) is 72.8 Å². The summed E-state index contributed by atoms with van der Waals surface area (Å²) in [4.78, 5) is 44.6. The van der Waals surface area contributed by atoms with Crippen LogP contribution in [0, 0.1) is 0 Å². The van der Waals surface area contributed by atoms with E-state index in [0.29, 0.717) is 43.2 Å². The van der Waals surface area contributed by atoms with Gasteiger partial charge in [0.05, 0.1) is 17.7 Å². The molecule has 3 aromatic rings. The zero-order chi connectivity index (χ0) is 31.3. The number of piperazine rings is 2. The maximum absolute atomic E-state index is 13.6. The summed E-state index contributed by atoms with van der Waals surface area (Å²) in [6, 6.07) is 20.0. The van der Waals surface area contributed by atoms with E-state index < -0.39 is 18.6 Å². The molecule has 44 heavy (non-hydrogen) atoms. The van der Waals surface area contributed by atoms with Crippen LogP contribution in [0.15, 0.2) is 72.8 Å². The normalized spacial score (nSPS) is 15.6. The fraction of sp³-hybridized carbons (Fsp3) is 0.323. The molecule has 0 radical (unpaired) electrons. The van der Waals surface area contributed by atoms with Crippen molar-refractivity contribution >= 4 is 40.8 Å². The largest absolute Gasteiger partial charge is 0.478 e. The molecule has 2 fully saturated rings. The number of hydrogen-bond acceptors (Lipinski definition) is 5. The monoisotopic (exact) mass is 610 g/mol. The Morgan fingerprint density at radius 1 is 0.659 bits per heavy atom. The zero-order valence-electron chi connectivity index (χ0n) is 23.9. The van der Waals surface area contributed by atoms with Gasteiger partial charge in [-0.2, -0.15) is 13.2 Å². The Kier molecular flexibility index (Phi) is 9.12. The smallest absolute Gasteiger partial charge is 0.393 e. The average Bonchev–Trinajstić information content (AvgIpc) is 3.01. The van der Waals surface area contributed by atoms with Gasteiger partial charge in [-0.15, -0.1) is 0 Å². The van der Waals surface area contributed by atoms with E-state index in [-0.39, 0.29) is 55.1 Å². The molecule has 0 bridgehead atoms. The minimum atomic E-state index is -4.55. The summed E-state index contributed by atoms with van der Waals surface area (Å²) in [7, 11) is 0. The van der Waals surface area contributed by atoms with Crippen molar-refractivity contribution in [1.82, 2.24) is 9.80 Å². The number of halogens is 3. The number of anilines is 4. The molecular formula is C31H33F3N6O4. The van der Waals surface area contributed by atoms with E-state index in [2.05, 4.69) is 10.6 Å². The summed E-state index contributed by atoms with van der Waals surface area (Å²) in [5.41, 5.74) is 1.51. The molecule has 0 atom stereocenters. The van der Waals surface area contributed by atoms with Gasteiger partial charge in [-0.05, 0) is 42.0 Å². The highest BCUT2D eigenvalue weighted by molar-refractivity contribution is 5.96. The molecule has 0 saturated carbocycles. The van der Waals surface area contributed by atoms with Gasteiger partial charge in [0.15, 0.2) is 0 Å². The number of rotatable bonds is 6. The maximum Gasteiger partial charge on any atom is 0.393 e. The number of nitrogens with one attached hydrogen (secondary N) is 2. The fourth-order valence-corrected chi connectivity index (χ4v) is 5.46. The Hall–Kier alpha value is -4.94. The molecule has 5 rings (SSSR count). The van der Waals surface area contributed by atoms with Gasteiger partial charge in [0.25, 0.3) is 0 Å². The summed E-state index contributed by atoms with van der Waals surface area (Å²) in [5, 5.41) is 15.6. The third-order valence-electron chi connectivity index (χ3n) is 7.68. The van der Waals surface area contributed by atoms with Crippen LogP contribution in [0.3, 0.4) is 0 Å². The summed E-state index contributed by atoms with van der Waals surface area (Å²) in [5.74, 6) is -1.33. The number of alkyl halides is 3. The van der Waals surface area contributed by atoms with Gasteiger partial charge in [0.2, 0.25) is 0 Å². The average molecular weight is 611 g/mol. The molecule has 2 heterocycles. The van der Waals surface area contributed by atoms with Gasteiger partial charge in [0.1, 0.15) is 0 Å². The number of carbonyl (C=O) groups is 3. The Bertz CT molecular complexity index is 1470. The molecule has 3 N–H and O–H groups in total. The molecule has 2 saturated heterocycles. The second kappa shape index (κ2) is 13.1. The molecule has 232 valence electrons. The van der Waals surface area contributed by atoms with E-state index in [1.54, 1.807) is 68.1 Å². The molecule has 2 aliphatic rings. The summed E-state index contributed by atoms with van der Waals surface area (Å²) in [6.07, 6.45) is -5.84. The predicted octanol–water partition coefficient (Wildman–Crippen LogP) is 5.20. The van der Waals surface area contributed by atoms with E-state index in [4.69, 9.17) is 0 Å². The Morgan fingerprint density at radius 2 is 1.09 bits per heavy atom. The first-order chi connectivity index (χ1) is 21.1. The predicted molar refractivity (Wildman–Crippen MR) is 162 cm³/mol. The number of carbonyl (C=O) groups excluding carboxylic acids is 2. The van der Waals surface area contributed by atoms with Crippen LogP contribution in [-0.4, -0.2) is 91.5 Å². The molecule has 10 nitrogen and oxygen atoms in total. The van der Waals surface area contributed by atoms with Crippen LogP contribution in [0.2, 0.25) is 0 Å². The third-order valence-corrected chi connectivity index (χ3v) is 7.68. The molecule has 0 unspecified atom stereocenters. The minimum Gasteiger partial charge on any atom is -0.478 e. The second-order valence-corrected chi connectivity index (χ2v) is 10.6. The summed E-state index contributed by atoms with van der Waals surface area (Å²) in [6.45, 7) is 2.28. The number of amides is 4. The quantitative estimate of drug-likeness (QED) is 0.354. The van der Waals surface area contributed by atoms with Gasteiger partial charge in [-0.3, -0.25) is 0 Å². The van der Waals surface area contributed by atoms with E-state index in [0.717, 1.165) is 6.07 Å². The lowest BCUT2D eigenvalue weighted by Gasteiger charge is -2.39. The van der Waals surface area contributed by atoms with E-state index in [9.17, 15) is 32.7 Å². The fourth-order valence-electron chi connectivity index (χ4n) is 5.46. The van der Waals surface area contributed by atoms with Crippen molar-refractivity contribution < 1.29 is 32.7 Å². The highest BCUT2D eigenvalue weighted by Crippen LogP contribution is 2.36. The molecule has 0 spiro atoms. The third kappa shape index (κ3) is 7.52. The minimum absolute atomic E-state index is 0.137. The topological polar surface area (TPSA) is 108 Å². The van der Waals surface area contributed by atoms with Crippen LogP contribution in [0.1, 0.15) is 15.9 Å². The second-order valence-electron chi connectivity index (χ2n) is 10.6. The van der Waals surface area contributed by atoms with Crippen molar-refractivity contribution in [3.05, 3.63) is 83.9 Å². The Balaban J connectivity index is 1.33. The van der Waals surface area contributed by atoms with Crippen LogP contribution in [-0.2, 0) is 6.42 Å². The summed E-state index contributed by atoms with van der Waals surface area (Å²) >= 11 is 0. The Labute approximate surface area is 252 Å². The van der Waals surface area contributed by atoms with Crippen molar-refractivity contribution in [3.63, 3.8) is 0 Å². The number of urea groups is 2. The number of hydrogen-bond donors (Lipinski definition) is 3. The molecule has 3 aromatic carbocycles. The number of aromatic carboxylic acids is 1. The number of nitrogens with zero attached hydrogens (tertiary/aromatic N) is 4. The molecule has 0 aliphatic carbocycles. The van der Waals surface area contributed by atoms with Crippen molar-refractivity contribution in [3.8, 4) is 0 Å². The molecule has 13 heteroatoms. The van der Waals surface area contributed by atoms with Gasteiger partial charge in [0, 0.05) is 69.4 Å². The van der Waals surface area contributed by atoms with Crippen LogP contribution in [0.5, 0.6) is 0 Å². The maximum atomic E-state index is 13.6. The lowest BCUT2D eigenvalue weighted by molar-refractivity contribution is -0.127. The van der Waals surface area contributed by atoms with Crippen molar-refractivity contribution in [1.29, 1.82) is 0 Å². The van der Waals surface area contributed by atoms with Gasteiger partial charge in [-0.25, -0.2) is 14.4 Å². The molecule has 2 aliphatic heterocycles. The van der Waals surface area contributed by atoms with Crippen LogP contribution >= 0.6 is 0 Å². The van der Waals surface area contributed by atoms with E-state index >= 15 is 0 Å². The highest BCUT2D eigenvalue weighted by atomic mass is 19.4. The number of benzene rings is 3. The van der Waals surface area contributed by atoms with Crippen LogP contribution < -0.4 is 20.4 Å². The van der Waals surface area contributed by atoms with E-state index in [1.165, 1.54) is 6.07 Å². The molecule has 0 aromatic heterocycles. The molecular weight excluding hydrogens is 577 g/mol. The van der Waals surface area contributed by atoms with Gasteiger partial charge < -0.3 is 35.3 Å². The number of carboxylic acid groups (broad SMARTS) is 1. The molecule has 4 amide bonds. The van der Waals surface area contributed by atoms with Gasteiger partial charge >= 0.3 is 24.2 Å². The number of para-hydroxylation sites is 2. The highest BCUT2D eigenvalue weighted by Gasteiger charge is 2.33. The first-order valence-electron chi connectivity index (χ1n) is 14.3. The standard InChI is InChI=1S/C31H33F3N6O4/c32-31(33,34)21-22-19-25(28(41)42)27(38-13-17-40(18-14-38)30(44)36-24-9-5-2-6-10-24)20-26(22)37-11-15-39(16-12-37)29(43)35-23-7-3-1-4-8-23/h1-10,19-20H,11-18,21H2,(H,35,43)(H,36,44)(H,41,42).